The van der Waals surface area contributed by atoms with Crippen LogP contribution in [0.2, 0.25) is 25.1 Å². The molecule has 2 aromatic rings. The Morgan fingerprint density at radius 3 is 1.72 bits per heavy atom. The minimum Gasteiger partial charge on any atom is -0.228 e. The van der Waals surface area contributed by atoms with Gasteiger partial charge < -0.3 is 0 Å². The van der Waals surface area contributed by atoms with E-state index in [1.54, 1.807) is 0 Å². The lowest BCUT2D eigenvalue weighted by Gasteiger charge is -2.12. The normalized spacial score (nSPS) is 10.8. The first kappa shape index (κ1) is 14.2. The summed E-state index contributed by atoms with van der Waals surface area (Å²) in [6.45, 7) is 0. The van der Waals surface area contributed by atoms with Gasteiger partial charge in [-0.2, -0.15) is 4.39 Å². The predicted molar refractivity (Wildman–Crippen MR) is 74.7 cm³/mol. The highest BCUT2D eigenvalue weighted by Gasteiger charge is 2.20. The molecular formula is C11H3Cl5FN. The van der Waals surface area contributed by atoms with Crippen LogP contribution >= 0.6 is 58.0 Å². The van der Waals surface area contributed by atoms with Crippen LogP contribution in [0, 0.1) is 5.95 Å². The third-order valence-electron chi connectivity index (χ3n) is 2.23. The van der Waals surface area contributed by atoms with E-state index in [4.69, 9.17) is 58.0 Å². The number of nitrogens with zero attached hydrogens (tertiary/aromatic N) is 1. The van der Waals surface area contributed by atoms with E-state index >= 15 is 0 Å². The second-order valence-corrected chi connectivity index (χ2v) is 5.20. The first-order chi connectivity index (χ1) is 8.43. The van der Waals surface area contributed by atoms with Crippen LogP contribution in [0.15, 0.2) is 18.3 Å². The first-order valence-corrected chi connectivity index (χ1v) is 6.45. The summed E-state index contributed by atoms with van der Waals surface area (Å²) in [5.41, 5.74) is 0.858. The van der Waals surface area contributed by atoms with Crippen LogP contribution in [-0.2, 0) is 0 Å². The van der Waals surface area contributed by atoms with E-state index in [0.29, 0.717) is 11.1 Å². The molecule has 7 heteroatoms. The quantitative estimate of drug-likeness (QED) is 0.343. The van der Waals surface area contributed by atoms with E-state index in [1.807, 2.05) is 0 Å². The van der Waals surface area contributed by atoms with Gasteiger partial charge in [0.1, 0.15) is 0 Å². The zero-order valence-corrected chi connectivity index (χ0v) is 12.2. The molecule has 94 valence electrons. The second-order valence-electron chi connectivity index (χ2n) is 3.31. The Morgan fingerprint density at radius 1 is 0.778 bits per heavy atom. The Kier molecular flexibility index (Phi) is 4.25. The number of aromatic nitrogens is 1. The lowest BCUT2D eigenvalue weighted by Crippen LogP contribution is -1.89. The van der Waals surface area contributed by atoms with Crippen molar-refractivity contribution < 1.29 is 4.39 Å². The predicted octanol–water partition coefficient (Wildman–Crippen LogP) is 6.15. The maximum atomic E-state index is 12.8. The molecule has 0 bridgehead atoms. The van der Waals surface area contributed by atoms with Crippen molar-refractivity contribution in [1.29, 1.82) is 0 Å². The van der Waals surface area contributed by atoms with Gasteiger partial charge in [-0.25, -0.2) is 4.98 Å². The summed E-state index contributed by atoms with van der Waals surface area (Å²) in [5.74, 6) is -0.614. The monoisotopic (exact) mass is 343 g/mol. The molecule has 0 saturated heterocycles. The van der Waals surface area contributed by atoms with Crippen LogP contribution in [0.1, 0.15) is 0 Å². The highest BCUT2D eigenvalue weighted by Crippen LogP contribution is 2.47. The number of hydrogen-bond acceptors (Lipinski definition) is 1. The van der Waals surface area contributed by atoms with Gasteiger partial charge in [0.25, 0.3) is 0 Å². The summed E-state index contributed by atoms with van der Waals surface area (Å²) in [4.78, 5) is 3.52. The molecule has 0 amide bonds. The molecule has 2 rings (SSSR count). The summed E-state index contributed by atoms with van der Waals surface area (Å²) < 4.78 is 12.8. The molecule has 0 N–H and O–H groups in total. The van der Waals surface area contributed by atoms with Crippen molar-refractivity contribution in [2.75, 3.05) is 0 Å². The van der Waals surface area contributed by atoms with Crippen LogP contribution < -0.4 is 0 Å². The number of hydrogen-bond donors (Lipinski definition) is 0. The molecule has 0 saturated carbocycles. The van der Waals surface area contributed by atoms with E-state index in [0.717, 1.165) is 0 Å². The SMILES string of the molecule is Fc1ccc(-c2c(Cl)c(Cl)c(Cl)c(Cl)c2Cl)cn1. The molecule has 18 heavy (non-hydrogen) atoms. The van der Waals surface area contributed by atoms with E-state index in [2.05, 4.69) is 4.98 Å². The average molecular weight is 345 g/mol. The molecule has 1 aromatic carbocycles. The standard InChI is InChI=1S/C11H3Cl5FN/c12-7-6(4-1-2-5(17)18-3-4)8(13)10(15)11(16)9(7)14/h1-3H. The summed E-state index contributed by atoms with van der Waals surface area (Å²) in [5, 5.41) is 0.542. The maximum Gasteiger partial charge on any atom is 0.212 e. The van der Waals surface area contributed by atoms with Gasteiger partial charge >= 0.3 is 0 Å². The lowest BCUT2D eigenvalue weighted by atomic mass is 10.1. The van der Waals surface area contributed by atoms with Gasteiger partial charge in [-0.3, -0.25) is 0 Å². The fourth-order valence-electron chi connectivity index (χ4n) is 1.38. The van der Waals surface area contributed by atoms with Gasteiger partial charge in [0.15, 0.2) is 0 Å². The van der Waals surface area contributed by atoms with Gasteiger partial charge in [-0.1, -0.05) is 58.0 Å². The minimum absolute atomic E-state index is 0.0761. The minimum atomic E-state index is -0.614. The largest absolute Gasteiger partial charge is 0.228 e. The van der Waals surface area contributed by atoms with Crippen LogP contribution in [0.5, 0.6) is 0 Å². The third kappa shape index (κ3) is 2.40. The Morgan fingerprint density at radius 2 is 1.28 bits per heavy atom. The smallest absolute Gasteiger partial charge is 0.212 e. The van der Waals surface area contributed by atoms with Crippen LogP contribution in [0.25, 0.3) is 11.1 Å². The molecule has 1 aromatic heterocycles. The summed E-state index contributed by atoms with van der Waals surface area (Å²) in [6.07, 6.45) is 1.28. The maximum absolute atomic E-state index is 12.8. The lowest BCUT2D eigenvalue weighted by molar-refractivity contribution is 0.584. The molecule has 1 nitrogen and oxygen atoms in total. The zero-order valence-electron chi connectivity index (χ0n) is 8.45. The number of halogens is 6. The zero-order chi connectivity index (χ0) is 13.4. The molecule has 0 aliphatic heterocycles. The molecule has 1 heterocycles. The Bertz CT molecular complexity index is 583. The Labute approximate surface area is 127 Å². The van der Waals surface area contributed by atoms with E-state index in [1.165, 1.54) is 18.3 Å². The number of pyridine rings is 1. The summed E-state index contributed by atoms with van der Waals surface area (Å²) in [7, 11) is 0. The average Bonchev–Trinajstić information content (AvgIpc) is 2.36. The van der Waals surface area contributed by atoms with Crippen molar-refractivity contribution in [3.8, 4) is 11.1 Å². The molecule has 0 aliphatic rings. The van der Waals surface area contributed by atoms with Crippen molar-refractivity contribution in [2.24, 2.45) is 0 Å². The molecule has 0 radical (unpaired) electrons. The van der Waals surface area contributed by atoms with Crippen molar-refractivity contribution in [2.45, 2.75) is 0 Å². The molecule has 0 fully saturated rings. The van der Waals surface area contributed by atoms with E-state index < -0.39 is 5.95 Å². The van der Waals surface area contributed by atoms with Crippen LogP contribution in [0.4, 0.5) is 4.39 Å². The van der Waals surface area contributed by atoms with Gasteiger partial charge in [0, 0.05) is 17.3 Å². The molecule has 0 atom stereocenters. The van der Waals surface area contributed by atoms with Crippen LogP contribution in [-0.4, -0.2) is 4.98 Å². The highest BCUT2D eigenvalue weighted by atomic mass is 35.5. The van der Waals surface area contributed by atoms with Gasteiger partial charge in [-0.05, 0) is 12.1 Å². The third-order valence-corrected chi connectivity index (χ3v) is 4.50. The van der Waals surface area contributed by atoms with Crippen molar-refractivity contribution >= 4 is 58.0 Å². The Balaban J connectivity index is 2.75. The molecular weight excluding hydrogens is 342 g/mol. The molecule has 0 unspecified atom stereocenters. The van der Waals surface area contributed by atoms with Crippen LogP contribution in [0.3, 0.4) is 0 Å². The van der Waals surface area contributed by atoms with Crippen molar-refractivity contribution in [3.63, 3.8) is 0 Å². The summed E-state index contributed by atoms with van der Waals surface area (Å²) >= 11 is 29.9. The number of benzene rings is 1. The van der Waals surface area contributed by atoms with Crippen molar-refractivity contribution in [1.82, 2.24) is 4.98 Å². The van der Waals surface area contributed by atoms with Gasteiger partial charge in [0.05, 0.1) is 25.1 Å². The van der Waals surface area contributed by atoms with E-state index in [9.17, 15) is 4.39 Å². The molecule has 0 spiro atoms. The van der Waals surface area contributed by atoms with Gasteiger partial charge in [-0.15, -0.1) is 0 Å². The number of rotatable bonds is 1. The Hall–Kier alpha value is -0.250. The van der Waals surface area contributed by atoms with Crippen molar-refractivity contribution in [3.05, 3.63) is 49.4 Å². The fourth-order valence-corrected chi connectivity index (χ4v) is 2.74. The molecule has 0 aliphatic carbocycles. The highest BCUT2D eigenvalue weighted by molar-refractivity contribution is 6.56. The second kappa shape index (κ2) is 5.40. The topological polar surface area (TPSA) is 12.9 Å². The van der Waals surface area contributed by atoms with Gasteiger partial charge in [0.2, 0.25) is 5.95 Å². The van der Waals surface area contributed by atoms with E-state index in [-0.39, 0.29) is 25.1 Å². The first-order valence-electron chi connectivity index (χ1n) is 4.57. The summed E-state index contributed by atoms with van der Waals surface area (Å²) in [6, 6.07) is 2.65. The fraction of sp³-hybridized carbons (Fsp3) is 0.